The van der Waals surface area contributed by atoms with Crippen LogP contribution in [0.25, 0.3) is 0 Å². The summed E-state index contributed by atoms with van der Waals surface area (Å²) in [5.74, 6) is 1.81. The molecule has 110 valence electrons. The molecule has 1 aliphatic carbocycles. The first-order valence-corrected chi connectivity index (χ1v) is 7.32. The molecule has 0 radical (unpaired) electrons. The van der Waals surface area contributed by atoms with E-state index in [0.29, 0.717) is 11.8 Å². The zero-order valence-corrected chi connectivity index (χ0v) is 12.3. The van der Waals surface area contributed by atoms with Crippen molar-refractivity contribution in [3.8, 4) is 5.75 Å². The molecule has 3 atom stereocenters. The summed E-state index contributed by atoms with van der Waals surface area (Å²) < 4.78 is 5.24. The second-order valence-corrected chi connectivity index (χ2v) is 5.89. The number of benzene rings is 1. The number of carbonyl (C=O) groups is 1. The van der Waals surface area contributed by atoms with Crippen molar-refractivity contribution in [1.29, 1.82) is 0 Å². The molecule has 1 aromatic carbocycles. The lowest BCUT2D eigenvalue weighted by molar-refractivity contribution is -0.119. The van der Waals surface area contributed by atoms with Gasteiger partial charge in [0, 0.05) is 11.7 Å². The van der Waals surface area contributed by atoms with Gasteiger partial charge in [-0.3, -0.25) is 4.79 Å². The van der Waals surface area contributed by atoms with Gasteiger partial charge in [-0.15, -0.1) is 0 Å². The third kappa shape index (κ3) is 4.15. The van der Waals surface area contributed by atoms with E-state index >= 15 is 0 Å². The zero-order valence-electron chi connectivity index (χ0n) is 12.3. The van der Waals surface area contributed by atoms with Gasteiger partial charge < -0.3 is 15.8 Å². The minimum Gasteiger partial charge on any atom is -0.484 e. The topological polar surface area (TPSA) is 64.3 Å². The molecule has 3 N–H and O–H groups in total. The molecule has 0 heterocycles. The van der Waals surface area contributed by atoms with Crippen LogP contribution in [0.15, 0.2) is 24.3 Å². The summed E-state index contributed by atoms with van der Waals surface area (Å²) in [5, 5.41) is 3.58. The van der Waals surface area contributed by atoms with Gasteiger partial charge in [0.15, 0.2) is 6.61 Å². The highest BCUT2D eigenvalue weighted by molar-refractivity contribution is 5.75. The summed E-state index contributed by atoms with van der Waals surface area (Å²) in [5.41, 5.74) is 6.14. The molecule has 0 bridgehead atoms. The first-order chi connectivity index (χ1) is 9.54. The predicted molar refractivity (Wildman–Crippen MR) is 80.7 cm³/mol. The van der Waals surface area contributed by atoms with E-state index in [-0.39, 0.29) is 6.61 Å². The molecule has 20 heavy (non-hydrogen) atoms. The highest BCUT2D eigenvalue weighted by Gasteiger charge is 2.24. The van der Waals surface area contributed by atoms with Gasteiger partial charge in [-0.05, 0) is 55.4 Å². The molecule has 0 aliphatic heterocycles. The summed E-state index contributed by atoms with van der Waals surface area (Å²) in [6.45, 7) is 4.59. The molecule has 1 amide bonds. The van der Waals surface area contributed by atoms with Crippen molar-refractivity contribution >= 4 is 11.6 Å². The molecular weight excluding hydrogens is 252 g/mol. The monoisotopic (exact) mass is 276 g/mol. The smallest absolute Gasteiger partial charge is 0.255 e. The maximum absolute atomic E-state index is 10.6. The Morgan fingerprint density at radius 3 is 2.55 bits per heavy atom. The molecule has 0 saturated heterocycles. The Morgan fingerprint density at radius 2 is 1.95 bits per heavy atom. The van der Waals surface area contributed by atoms with Gasteiger partial charge in [0.25, 0.3) is 5.91 Å². The molecule has 4 nitrogen and oxygen atoms in total. The van der Waals surface area contributed by atoms with E-state index < -0.39 is 5.91 Å². The second kappa shape index (κ2) is 6.64. The fourth-order valence-corrected chi connectivity index (χ4v) is 2.72. The Balaban J connectivity index is 1.86. The number of amides is 1. The van der Waals surface area contributed by atoms with Crippen LogP contribution >= 0.6 is 0 Å². The van der Waals surface area contributed by atoms with Crippen LogP contribution in [-0.2, 0) is 4.79 Å². The van der Waals surface area contributed by atoms with Crippen LogP contribution in [0.4, 0.5) is 5.69 Å². The van der Waals surface area contributed by atoms with Crippen molar-refractivity contribution in [3.05, 3.63) is 24.3 Å². The number of primary amides is 1. The lowest BCUT2D eigenvalue weighted by Crippen LogP contribution is -2.30. The molecule has 0 spiro atoms. The number of hydrogen-bond donors (Lipinski definition) is 2. The van der Waals surface area contributed by atoms with Gasteiger partial charge >= 0.3 is 0 Å². The lowest BCUT2D eigenvalue weighted by atomic mass is 9.79. The zero-order chi connectivity index (χ0) is 14.5. The van der Waals surface area contributed by atoms with Gasteiger partial charge in [0.2, 0.25) is 0 Å². The maximum Gasteiger partial charge on any atom is 0.255 e. The van der Waals surface area contributed by atoms with E-state index in [9.17, 15) is 4.79 Å². The normalized spacial score (nSPS) is 26.0. The Morgan fingerprint density at radius 1 is 1.25 bits per heavy atom. The largest absolute Gasteiger partial charge is 0.484 e. The average Bonchev–Trinajstić information content (AvgIpc) is 2.42. The van der Waals surface area contributed by atoms with Gasteiger partial charge in [-0.2, -0.15) is 0 Å². The predicted octanol–water partition coefficient (Wildman–Crippen LogP) is 2.79. The van der Waals surface area contributed by atoms with Crippen LogP contribution < -0.4 is 15.8 Å². The second-order valence-electron chi connectivity index (χ2n) is 5.89. The number of anilines is 1. The summed E-state index contributed by atoms with van der Waals surface area (Å²) in [4.78, 5) is 10.6. The van der Waals surface area contributed by atoms with E-state index in [1.807, 2.05) is 24.3 Å². The molecule has 3 unspecified atom stereocenters. The number of hydrogen-bond acceptors (Lipinski definition) is 3. The van der Waals surface area contributed by atoms with Crippen LogP contribution in [0.5, 0.6) is 5.75 Å². The molecule has 4 heteroatoms. The third-order valence-electron chi connectivity index (χ3n) is 4.20. The molecule has 1 saturated carbocycles. The van der Waals surface area contributed by atoms with Crippen molar-refractivity contribution in [3.63, 3.8) is 0 Å². The average molecular weight is 276 g/mol. The minimum atomic E-state index is -0.461. The van der Waals surface area contributed by atoms with Crippen molar-refractivity contribution in [2.24, 2.45) is 17.6 Å². The quantitative estimate of drug-likeness (QED) is 0.869. The highest BCUT2D eigenvalue weighted by atomic mass is 16.5. The first kappa shape index (κ1) is 14.7. The number of rotatable bonds is 5. The third-order valence-corrected chi connectivity index (χ3v) is 4.20. The molecular formula is C16H24N2O2. The van der Waals surface area contributed by atoms with Gasteiger partial charge in [-0.25, -0.2) is 0 Å². The fourth-order valence-electron chi connectivity index (χ4n) is 2.72. The van der Waals surface area contributed by atoms with E-state index in [2.05, 4.69) is 19.2 Å². The van der Waals surface area contributed by atoms with Crippen LogP contribution in [0.1, 0.15) is 33.1 Å². The van der Waals surface area contributed by atoms with Crippen LogP contribution in [0.3, 0.4) is 0 Å². The standard InChI is InChI=1S/C16H24N2O2/c1-11-3-4-14(9-12(11)2)18-13-5-7-15(8-6-13)20-10-16(17)19/h5-8,11-12,14,18H,3-4,9-10H2,1-2H3,(H2,17,19). The Kier molecular flexibility index (Phi) is 4.88. The van der Waals surface area contributed by atoms with Crippen molar-refractivity contribution in [2.45, 2.75) is 39.2 Å². The van der Waals surface area contributed by atoms with Gasteiger partial charge in [0.1, 0.15) is 5.75 Å². The Labute approximate surface area is 120 Å². The van der Waals surface area contributed by atoms with Crippen LogP contribution in [-0.4, -0.2) is 18.6 Å². The summed E-state index contributed by atoms with van der Waals surface area (Å²) in [6, 6.07) is 8.25. The van der Waals surface area contributed by atoms with Gasteiger partial charge in [-0.1, -0.05) is 13.8 Å². The Bertz CT molecular complexity index is 444. The molecule has 1 aromatic rings. The molecule has 0 aromatic heterocycles. The minimum absolute atomic E-state index is 0.0786. The summed E-state index contributed by atoms with van der Waals surface area (Å²) in [7, 11) is 0. The van der Waals surface area contributed by atoms with E-state index in [4.69, 9.17) is 10.5 Å². The molecule has 2 rings (SSSR count). The number of ether oxygens (including phenoxy) is 1. The van der Waals surface area contributed by atoms with E-state index in [1.54, 1.807) is 0 Å². The van der Waals surface area contributed by atoms with Crippen molar-refractivity contribution in [1.82, 2.24) is 0 Å². The number of carbonyl (C=O) groups excluding carboxylic acids is 1. The highest BCUT2D eigenvalue weighted by Crippen LogP contribution is 2.31. The van der Waals surface area contributed by atoms with Gasteiger partial charge in [0.05, 0.1) is 0 Å². The van der Waals surface area contributed by atoms with Crippen molar-refractivity contribution < 1.29 is 9.53 Å². The molecule has 1 fully saturated rings. The van der Waals surface area contributed by atoms with Crippen LogP contribution in [0.2, 0.25) is 0 Å². The summed E-state index contributed by atoms with van der Waals surface area (Å²) >= 11 is 0. The first-order valence-electron chi connectivity index (χ1n) is 7.32. The van der Waals surface area contributed by atoms with E-state index in [0.717, 1.165) is 17.5 Å². The summed E-state index contributed by atoms with van der Waals surface area (Å²) in [6.07, 6.45) is 3.74. The Hall–Kier alpha value is -1.71. The van der Waals surface area contributed by atoms with Crippen LogP contribution in [0, 0.1) is 11.8 Å². The number of nitrogens with two attached hydrogens (primary N) is 1. The van der Waals surface area contributed by atoms with Crippen molar-refractivity contribution in [2.75, 3.05) is 11.9 Å². The fraction of sp³-hybridized carbons (Fsp3) is 0.562. The molecule has 1 aliphatic rings. The van der Waals surface area contributed by atoms with E-state index in [1.165, 1.54) is 19.3 Å². The number of nitrogens with one attached hydrogen (secondary N) is 1. The maximum atomic E-state index is 10.6. The SMILES string of the molecule is CC1CCC(Nc2ccc(OCC(N)=O)cc2)CC1C. The lowest BCUT2D eigenvalue weighted by Gasteiger charge is -2.33.